The molecular formula is C17H12N4. The Balaban J connectivity index is 1.91. The maximum absolute atomic E-state index is 4.71. The minimum atomic E-state index is 0.839. The first kappa shape index (κ1) is 11.8. The molecule has 0 atom stereocenters. The predicted octanol–water partition coefficient (Wildman–Crippen LogP) is 3.46. The second-order valence-corrected chi connectivity index (χ2v) is 4.73. The van der Waals surface area contributed by atoms with E-state index in [1.165, 1.54) is 0 Å². The first-order chi connectivity index (χ1) is 10.4. The molecule has 0 aliphatic heterocycles. The van der Waals surface area contributed by atoms with Crippen molar-refractivity contribution in [1.29, 1.82) is 0 Å². The maximum Gasteiger partial charge on any atom is 0.154 e. The Bertz CT molecular complexity index is 882. The number of nitrogens with zero attached hydrogens (tertiary/aromatic N) is 4. The van der Waals surface area contributed by atoms with Gasteiger partial charge >= 0.3 is 0 Å². The van der Waals surface area contributed by atoms with E-state index < -0.39 is 0 Å². The zero-order valence-electron chi connectivity index (χ0n) is 11.2. The quantitative estimate of drug-likeness (QED) is 0.561. The molecule has 0 aliphatic carbocycles. The molecule has 0 bridgehead atoms. The highest BCUT2D eigenvalue weighted by molar-refractivity contribution is 5.65. The molecular weight excluding hydrogens is 260 g/mol. The number of benzene rings is 1. The van der Waals surface area contributed by atoms with Gasteiger partial charge in [0.2, 0.25) is 0 Å². The summed E-state index contributed by atoms with van der Waals surface area (Å²) in [5, 5.41) is 4.71. The van der Waals surface area contributed by atoms with E-state index in [2.05, 4.69) is 22.1 Å². The van der Waals surface area contributed by atoms with Crippen molar-refractivity contribution < 1.29 is 0 Å². The van der Waals surface area contributed by atoms with E-state index in [1.54, 1.807) is 12.4 Å². The molecule has 3 aromatic heterocycles. The summed E-state index contributed by atoms with van der Waals surface area (Å²) < 4.78 is 1.88. The number of aromatic nitrogens is 4. The van der Waals surface area contributed by atoms with Gasteiger partial charge in [-0.05, 0) is 24.3 Å². The van der Waals surface area contributed by atoms with Crippen LogP contribution in [0.4, 0.5) is 0 Å². The Morgan fingerprint density at radius 3 is 2.38 bits per heavy atom. The zero-order valence-corrected chi connectivity index (χ0v) is 11.2. The van der Waals surface area contributed by atoms with Gasteiger partial charge in [0.05, 0.1) is 17.6 Å². The Hall–Kier alpha value is -3.01. The fraction of sp³-hybridized carbons (Fsp3) is 0. The van der Waals surface area contributed by atoms with E-state index in [1.807, 2.05) is 53.2 Å². The minimum Gasteiger partial charge on any atom is -0.265 e. The summed E-state index contributed by atoms with van der Waals surface area (Å²) in [6, 6.07) is 18.0. The lowest BCUT2D eigenvalue weighted by Crippen LogP contribution is -1.96. The molecule has 1 aromatic carbocycles. The molecule has 100 valence electrons. The molecule has 0 spiro atoms. The van der Waals surface area contributed by atoms with Gasteiger partial charge in [-0.15, -0.1) is 0 Å². The molecule has 4 nitrogen and oxygen atoms in total. The van der Waals surface area contributed by atoms with Gasteiger partial charge in [0.1, 0.15) is 0 Å². The first-order valence-electron chi connectivity index (χ1n) is 6.72. The Morgan fingerprint density at radius 2 is 1.57 bits per heavy atom. The fourth-order valence-corrected chi connectivity index (χ4v) is 2.36. The molecule has 0 aliphatic rings. The summed E-state index contributed by atoms with van der Waals surface area (Å²) in [7, 11) is 0. The van der Waals surface area contributed by atoms with E-state index in [9.17, 15) is 0 Å². The highest BCUT2D eigenvalue weighted by Gasteiger charge is 2.08. The highest BCUT2D eigenvalue weighted by Crippen LogP contribution is 2.22. The molecule has 3 heterocycles. The number of pyridine rings is 1. The third-order valence-corrected chi connectivity index (χ3v) is 3.41. The topological polar surface area (TPSA) is 43.1 Å². The second kappa shape index (κ2) is 4.83. The lowest BCUT2D eigenvalue weighted by atomic mass is 10.2. The summed E-state index contributed by atoms with van der Waals surface area (Å²) >= 11 is 0. The normalized spacial score (nSPS) is 10.9. The lowest BCUT2D eigenvalue weighted by molar-refractivity contribution is 0.949. The Kier molecular flexibility index (Phi) is 2.71. The molecule has 4 rings (SSSR count). The van der Waals surface area contributed by atoms with E-state index in [0.717, 1.165) is 28.2 Å². The van der Waals surface area contributed by atoms with Crippen LogP contribution in [0.5, 0.6) is 0 Å². The van der Waals surface area contributed by atoms with Crippen LogP contribution < -0.4 is 0 Å². The number of fused-ring (bicyclic) bond motifs is 1. The van der Waals surface area contributed by atoms with Gasteiger partial charge in [-0.3, -0.25) is 4.98 Å². The summed E-state index contributed by atoms with van der Waals surface area (Å²) in [5.41, 5.74) is 4.87. The minimum absolute atomic E-state index is 0.839. The number of hydrogen-bond donors (Lipinski definition) is 0. The van der Waals surface area contributed by atoms with E-state index in [0.29, 0.717) is 0 Å². The average molecular weight is 272 g/mol. The van der Waals surface area contributed by atoms with E-state index >= 15 is 0 Å². The van der Waals surface area contributed by atoms with Crippen LogP contribution in [0.3, 0.4) is 0 Å². The number of rotatable bonds is 2. The average Bonchev–Trinajstić information content (AvgIpc) is 2.99. The van der Waals surface area contributed by atoms with Gasteiger partial charge in [-0.1, -0.05) is 30.3 Å². The summed E-state index contributed by atoms with van der Waals surface area (Å²) in [6.45, 7) is 0. The van der Waals surface area contributed by atoms with Crippen LogP contribution >= 0.6 is 0 Å². The van der Waals surface area contributed by atoms with Crippen LogP contribution in [0, 0.1) is 0 Å². The van der Waals surface area contributed by atoms with Crippen LogP contribution in [0.2, 0.25) is 0 Å². The molecule has 0 saturated carbocycles. The van der Waals surface area contributed by atoms with Crippen molar-refractivity contribution in [3.05, 3.63) is 73.2 Å². The first-order valence-corrected chi connectivity index (χ1v) is 6.72. The van der Waals surface area contributed by atoms with Crippen LogP contribution in [-0.4, -0.2) is 19.6 Å². The lowest BCUT2D eigenvalue weighted by Gasteiger charge is -2.04. The van der Waals surface area contributed by atoms with Crippen molar-refractivity contribution in [2.45, 2.75) is 0 Å². The van der Waals surface area contributed by atoms with Crippen molar-refractivity contribution >= 4 is 5.65 Å². The van der Waals surface area contributed by atoms with E-state index in [-0.39, 0.29) is 0 Å². The van der Waals surface area contributed by atoms with Gasteiger partial charge in [-0.2, -0.15) is 5.10 Å². The van der Waals surface area contributed by atoms with Crippen LogP contribution in [0.15, 0.2) is 73.2 Å². The monoisotopic (exact) mass is 272 g/mol. The highest BCUT2D eigenvalue weighted by atomic mass is 15.3. The van der Waals surface area contributed by atoms with Crippen molar-refractivity contribution in [1.82, 2.24) is 19.6 Å². The Morgan fingerprint density at radius 1 is 0.762 bits per heavy atom. The summed E-state index contributed by atoms with van der Waals surface area (Å²) in [5.74, 6) is 0. The molecule has 21 heavy (non-hydrogen) atoms. The smallest absolute Gasteiger partial charge is 0.154 e. The second-order valence-electron chi connectivity index (χ2n) is 4.73. The third-order valence-electron chi connectivity index (χ3n) is 3.41. The zero-order chi connectivity index (χ0) is 14.1. The van der Waals surface area contributed by atoms with Crippen molar-refractivity contribution in [2.24, 2.45) is 0 Å². The number of imidazole rings is 1. The van der Waals surface area contributed by atoms with Gasteiger partial charge in [0.25, 0.3) is 0 Å². The number of hydrogen-bond acceptors (Lipinski definition) is 3. The third kappa shape index (κ3) is 2.07. The molecule has 4 heteroatoms. The van der Waals surface area contributed by atoms with Crippen LogP contribution in [0.25, 0.3) is 28.2 Å². The molecule has 0 radical (unpaired) electrons. The van der Waals surface area contributed by atoms with Crippen molar-refractivity contribution in [3.63, 3.8) is 0 Å². The van der Waals surface area contributed by atoms with Crippen molar-refractivity contribution in [2.75, 3.05) is 0 Å². The molecule has 0 fully saturated rings. The fourth-order valence-electron chi connectivity index (χ4n) is 2.36. The van der Waals surface area contributed by atoms with Gasteiger partial charge < -0.3 is 0 Å². The Labute approximate surface area is 121 Å². The van der Waals surface area contributed by atoms with Crippen molar-refractivity contribution in [3.8, 4) is 22.5 Å². The van der Waals surface area contributed by atoms with Gasteiger partial charge in [0, 0.05) is 23.5 Å². The van der Waals surface area contributed by atoms with Crippen LogP contribution in [0.1, 0.15) is 0 Å². The molecule has 0 unspecified atom stereocenters. The molecule has 4 aromatic rings. The van der Waals surface area contributed by atoms with E-state index in [4.69, 9.17) is 5.10 Å². The summed E-state index contributed by atoms with van der Waals surface area (Å²) in [6.07, 6.45) is 5.40. The predicted molar refractivity (Wildman–Crippen MR) is 81.7 cm³/mol. The van der Waals surface area contributed by atoms with Gasteiger partial charge in [0.15, 0.2) is 5.65 Å². The molecule has 0 amide bonds. The maximum atomic E-state index is 4.71. The van der Waals surface area contributed by atoms with Gasteiger partial charge in [-0.25, -0.2) is 9.50 Å². The standard InChI is InChI=1S/C17H12N4/c1-2-4-14(5-3-1)16-12-19-17-7-6-15(20-21(16)17)13-8-10-18-11-9-13/h1-12H. The van der Waals surface area contributed by atoms with Crippen LogP contribution in [-0.2, 0) is 0 Å². The SMILES string of the molecule is c1ccc(-c2cnc3ccc(-c4ccncc4)nn23)cc1. The molecule has 0 saturated heterocycles. The largest absolute Gasteiger partial charge is 0.265 e. The molecule has 0 N–H and O–H groups in total. The summed E-state index contributed by atoms with van der Waals surface area (Å²) in [4.78, 5) is 8.46.